The number of rotatable bonds is 11. The molecule has 4 rings (SSSR count). The third-order valence-electron chi connectivity index (χ3n) is 9.05. The zero-order valence-corrected chi connectivity index (χ0v) is 22.4. The minimum absolute atomic E-state index is 0.00210. The van der Waals surface area contributed by atoms with Crippen molar-refractivity contribution in [3.05, 3.63) is 35.5 Å². The molecule has 2 heterocycles. The lowest BCUT2D eigenvalue weighted by Gasteiger charge is -2.22. The maximum atomic E-state index is 13.8. The number of hydrogen-bond donors (Lipinski definition) is 1. The minimum atomic E-state index is -0.0509. The van der Waals surface area contributed by atoms with Crippen LogP contribution in [-0.2, 0) is 11.3 Å². The van der Waals surface area contributed by atoms with Crippen LogP contribution in [0.1, 0.15) is 100 Å². The third-order valence-corrected chi connectivity index (χ3v) is 9.05. The quantitative estimate of drug-likeness (QED) is 0.290. The largest absolute Gasteiger partial charge is 0.381 e. The van der Waals surface area contributed by atoms with E-state index in [0.29, 0.717) is 18.0 Å². The van der Waals surface area contributed by atoms with Gasteiger partial charge in [0.15, 0.2) is 5.78 Å². The molecule has 2 aromatic rings. The Labute approximate surface area is 211 Å². The second kappa shape index (κ2) is 10.5. The molecule has 2 aliphatic rings. The van der Waals surface area contributed by atoms with Gasteiger partial charge in [-0.25, -0.2) is 0 Å². The number of unbranched alkanes of at least 4 members (excludes halogenated alkanes) is 4. The predicted molar refractivity (Wildman–Crippen MR) is 142 cm³/mol. The maximum Gasteiger partial charge on any atom is 0.251 e. The van der Waals surface area contributed by atoms with Crippen LogP contribution in [0.4, 0.5) is 0 Å². The van der Waals surface area contributed by atoms with E-state index in [4.69, 9.17) is 4.74 Å². The smallest absolute Gasteiger partial charge is 0.251 e. The number of ketones is 1. The number of fused-ring (bicyclic) bond motifs is 1. The molecule has 1 aliphatic heterocycles. The molecule has 0 spiro atoms. The molecular formula is C30H44N2O3. The van der Waals surface area contributed by atoms with Crippen LogP contribution in [0, 0.1) is 22.7 Å². The molecule has 0 unspecified atom stereocenters. The molecule has 1 aromatic carbocycles. The Morgan fingerprint density at radius 3 is 2.37 bits per heavy atom. The highest BCUT2D eigenvalue weighted by molar-refractivity contribution is 6.12. The first kappa shape index (κ1) is 25.9. The Balaban J connectivity index is 1.58. The van der Waals surface area contributed by atoms with E-state index in [1.54, 1.807) is 0 Å². The fourth-order valence-corrected chi connectivity index (χ4v) is 6.03. The van der Waals surface area contributed by atoms with Crippen molar-refractivity contribution in [1.29, 1.82) is 0 Å². The van der Waals surface area contributed by atoms with E-state index < -0.39 is 0 Å². The standard InChI is InChI=1S/C30H44N2O3/c1-6-7-8-9-10-15-31-28(34)22-11-12-25-23(18-22)24(26(33)27-29(2,3)30(27,4)5)20-32(25)19-21-13-16-35-17-14-21/h11-12,18,20-21,27H,6-10,13-17,19H2,1-5H3,(H,31,34). The highest BCUT2D eigenvalue weighted by Gasteiger charge is 2.68. The Morgan fingerprint density at radius 2 is 1.71 bits per heavy atom. The van der Waals surface area contributed by atoms with Gasteiger partial charge in [-0.1, -0.05) is 60.3 Å². The van der Waals surface area contributed by atoms with Gasteiger partial charge in [0.1, 0.15) is 0 Å². The molecule has 1 aromatic heterocycles. The average molecular weight is 481 g/mol. The SMILES string of the molecule is CCCCCCCNC(=O)c1ccc2c(c1)c(C(=O)C1C(C)(C)C1(C)C)cn2CC1CCOCC1. The van der Waals surface area contributed by atoms with Gasteiger partial charge in [-0.2, -0.15) is 0 Å². The summed E-state index contributed by atoms with van der Waals surface area (Å²) in [6.45, 7) is 14.2. The first-order valence-electron chi connectivity index (χ1n) is 13.7. The fraction of sp³-hybridized carbons (Fsp3) is 0.667. The van der Waals surface area contributed by atoms with Crippen LogP contribution >= 0.6 is 0 Å². The van der Waals surface area contributed by atoms with Gasteiger partial charge >= 0.3 is 0 Å². The van der Waals surface area contributed by atoms with Gasteiger partial charge in [0.2, 0.25) is 0 Å². The second-order valence-electron chi connectivity index (χ2n) is 11.9. The summed E-state index contributed by atoms with van der Waals surface area (Å²) >= 11 is 0. The van der Waals surface area contributed by atoms with Crippen molar-refractivity contribution in [3.8, 4) is 0 Å². The van der Waals surface area contributed by atoms with Crippen LogP contribution in [0.2, 0.25) is 0 Å². The summed E-state index contributed by atoms with van der Waals surface area (Å²) < 4.78 is 7.79. The number of Topliss-reactive ketones (excluding diaryl/α,β-unsaturated/α-hetero) is 1. The normalized spacial score (nSPS) is 19.7. The summed E-state index contributed by atoms with van der Waals surface area (Å²) in [7, 11) is 0. The van der Waals surface area contributed by atoms with Crippen LogP contribution < -0.4 is 5.32 Å². The summed E-state index contributed by atoms with van der Waals surface area (Å²) in [5.74, 6) is 0.707. The van der Waals surface area contributed by atoms with Crippen molar-refractivity contribution in [3.63, 3.8) is 0 Å². The Bertz CT molecular complexity index is 1040. The number of carbonyl (C=O) groups is 2. The Morgan fingerprint density at radius 1 is 1.03 bits per heavy atom. The van der Waals surface area contributed by atoms with Crippen LogP contribution in [0.25, 0.3) is 10.9 Å². The average Bonchev–Trinajstić information content (AvgIpc) is 3.08. The first-order valence-corrected chi connectivity index (χ1v) is 13.7. The molecule has 1 amide bonds. The maximum absolute atomic E-state index is 13.8. The Hall–Kier alpha value is -2.14. The second-order valence-corrected chi connectivity index (χ2v) is 11.9. The van der Waals surface area contributed by atoms with Crippen molar-refractivity contribution >= 4 is 22.6 Å². The van der Waals surface area contributed by atoms with Crippen LogP contribution in [0.5, 0.6) is 0 Å². The van der Waals surface area contributed by atoms with E-state index in [9.17, 15) is 9.59 Å². The van der Waals surface area contributed by atoms with Crippen molar-refractivity contribution in [2.24, 2.45) is 22.7 Å². The van der Waals surface area contributed by atoms with E-state index in [-0.39, 0.29) is 28.4 Å². The van der Waals surface area contributed by atoms with Crippen molar-refractivity contribution in [2.75, 3.05) is 19.8 Å². The zero-order valence-electron chi connectivity index (χ0n) is 22.4. The summed E-state index contributed by atoms with van der Waals surface area (Å²) in [5.41, 5.74) is 2.41. The van der Waals surface area contributed by atoms with Crippen LogP contribution in [-0.4, -0.2) is 36.0 Å². The highest BCUT2D eigenvalue weighted by Crippen LogP contribution is 2.69. The van der Waals surface area contributed by atoms with E-state index in [1.807, 2.05) is 18.2 Å². The molecular weight excluding hydrogens is 436 g/mol. The molecule has 35 heavy (non-hydrogen) atoms. The number of aromatic nitrogens is 1. The molecule has 5 nitrogen and oxygen atoms in total. The predicted octanol–water partition coefficient (Wildman–Crippen LogP) is 6.63. The molecule has 0 bridgehead atoms. The molecule has 1 saturated heterocycles. The van der Waals surface area contributed by atoms with Gasteiger partial charge < -0.3 is 14.6 Å². The topological polar surface area (TPSA) is 60.3 Å². The number of hydrogen-bond acceptors (Lipinski definition) is 3. The lowest BCUT2D eigenvalue weighted by molar-refractivity contribution is 0.0616. The molecule has 0 radical (unpaired) electrons. The lowest BCUT2D eigenvalue weighted by atomic mass is 9.99. The van der Waals surface area contributed by atoms with E-state index in [1.165, 1.54) is 19.3 Å². The van der Waals surface area contributed by atoms with Gasteiger partial charge in [0, 0.05) is 60.4 Å². The van der Waals surface area contributed by atoms with E-state index in [0.717, 1.165) is 61.9 Å². The number of carbonyl (C=O) groups excluding carboxylic acids is 2. The zero-order chi connectivity index (χ0) is 25.2. The molecule has 5 heteroatoms. The summed E-state index contributed by atoms with van der Waals surface area (Å²) in [4.78, 5) is 26.7. The number of amides is 1. The molecule has 192 valence electrons. The fourth-order valence-electron chi connectivity index (χ4n) is 6.03. The van der Waals surface area contributed by atoms with E-state index >= 15 is 0 Å². The van der Waals surface area contributed by atoms with Gasteiger partial charge in [-0.3, -0.25) is 9.59 Å². The van der Waals surface area contributed by atoms with Crippen molar-refractivity contribution in [1.82, 2.24) is 9.88 Å². The van der Waals surface area contributed by atoms with Gasteiger partial charge in [0.05, 0.1) is 0 Å². The molecule has 0 atom stereocenters. The minimum Gasteiger partial charge on any atom is -0.381 e. The number of benzene rings is 1. The molecule has 1 aliphatic carbocycles. The van der Waals surface area contributed by atoms with E-state index in [2.05, 4.69) is 50.7 Å². The number of ether oxygens (including phenoxy) is 1. The Kier molecular flexibility index (Phi) is 7.75. The summed E-state index contributed by atoms with van der Waals surface area (Å²) in [5, 5.41) is 3.99. The summed E-state index contributed by atoms with van der Waals surface area (Å²) in [6, 6.07) is 5.89. The van der Waals surface area contributed by atoms with Crippen molar-refractivity contribution in [2.45, 2.75) is 86.1 Å². The summed E-state index contributed by atoms with van der Waals surface area (Å²) in [6.07, 6.45) is 9.99. The number of nitrogens with zero attached hydrogens (tertiary/aromatic N) is 1. The lowest BCUT2D eigenvalue weighted by Crippen LogP contribution is -2.24. The van der Waals surface area contributed by atoms with Crippen LogP contribution in [0.15, 0.2) is 24.4 Å². The first-order chi connectivity index (χ1) is 16.7. The van der Waals surface area contributed by atoms with Crippen LogP contribution in [0.3, 0.4) is 0 Å². The van der Waals surface area contributed by atoms with Gasteiger partial charge in [0.25, 0.3) is 5.91 Å². The van der Waals surface area contributed by atoms with Crippen molar-refractivity contribution < 1.29 is 14.3 Å². The molecule has 2 fully saturated rings. The third kappa shape index (κ3) is 5.21. The monoisotopic (exact) mass is 480 g/mol. The van der Waals surface area contributed by atoms with Gasteiger partial charge in [-0.15, -0.1) is 0 Å². The number of nitrogens with one attached hydrogen (secondary N) is 1. The molecule has 1 N–H and O–H groups in total. The molecule has 1 saturated carbocycles. The highest BCUT2D eigenvalue weighted by atomic mass is 16.5. The van der Waals surface area contributed by atoms with Gasteiger partial charge in [-0.05, 0) is 54.2 Å².